The van der Waals surface area contributed by atoms with Gasteiger partial charge in [-0.2, -0.15) is 0 Å². The number of ether oxygens (including phenoxy) is 1. The molecular weight excluding hydrogens is 288 g/mol. The molecule has 1 aromatic carbocycles. The lowest BCUT2D eigenvalue weighted by molar-refractivity contribution is 0.00578. The van der Waals surface area contributed by atoms with Gasteiger partial charge in [-0.1, -0.05) is 12.1 Å². The minimum Gasteiger partial charge on any atom is -0.494 e. The molecule has 1 aliphatic heterocycles. The SMILES string of the molecule is CC1(C)OB(c2ccc(OCCCN)cc2)OC1(C)C.Cl. The molecule has 0 bridgehead atoms. The molecule has 4 nitrogen and oxygen atoms in total. The van der Waals surface area contributed by atoms with Gasteiger partial charge in [-0.15, -0.1) is 12.4 Å². The normalized spacial score (nSPS) is 19.2. The highest BCUT2D eigenvalue weighted by atomic mass is 35.5. The van der Waals surface area contributed by atoms with E-state index in [1.165, 1.54) is 0 Å². The fourth-order valence-corrected chi connectivity index (χ4v) is 1.97. The number of halogens is 1. The fraction of sp³-hybridized carbons (Fsp3) is 0.600. The van der Waals surface area contributed by atoms with Crippen molar-refractivity contribution < 1.29 is 14.0 Å². The first-order valence-electron chi connectivity index (χ1n) is 7.14. The summed E-state index contributed by atoms with van der Waals surface area (Å²) in [5.41, 5.74) is 5.82. The summed E-state index contributed by atoms with van der Waals surface area (Å²) in [6.45, 7) is 9.50. The third-order valence-electron chi connectivity index (χ3n) is 4.02. The predicted molar refractivity (Wildman–Crippen MR) is 88.6 cm³/mol. The number of hydrogen-bond donors (Lipinski definition) is 1. The van der Waals surface area contributed by atoms with Crippen LogP contribution in [0.25, 0.3) is 0 Å². The van der Waals surface area contributed by atoms with Crippen LogP contribution in [0, 0.1) is 0 Å². The molecular formula is C15H25BClNO3. The van der Waals surface area contributed by atoms with E-state index in [9.17, 15) is 0 Å². The van der Waals surface area contributed by atoms with Gasteiger partial charge in [0.05, 0.1) is 17.8 Å². The molecule has 6 heteroatoms. The van der Waals surface area contributed by atoms with E-state index in [1.807, 2.05) is 24.3 Å². The molecule has 0 aliphatic carbocycles. The van der Waals surface area contributed by atoms with Crippen LogP contribution in [0.1, 0.15) is 34.1 Å². The molecule has 118 valence electrons. The molecule has 0 unspecified atom stereocenters. The molecule has 1 aromatic rings. The number of hydrogen-bond acceptors (Lipinski definition) is 4. The lowest BCUT2D eigenvalue weighted by atomic mass is 9.79. The average molecular weight is 314 g/mol. The Morgan fingerprint density at radius 1 is 1.05 bits per heavy atom. The van der Waals surface area contributed by atoms with Crippen LogP contribution in [0.3, 0.4) is 0 Å². The number of rotatable bonds is 5. The van der Waals surface area contributed by atoms with Gasteiger partial charge in [0.15, 0.2) is 0 Å². The minimum absolute atomic E-state index is 0. The molecule has 1 heterocycles. The van der Waals surface area contributed by atoms with Crippen molar-refractivity contribution in [3.63, 3.8) is 0 Å². The van der Waals surface area contributed by atoms with E-state index in [-0.39, 0.29) is 30.7 Å². The molecule has 1 aliphatic rings. The first-order valence-corrected chi connectivity index (χ1v) is 7.14. The van der Waals surface area contributed by atoms with Gasteiger partial charge in [-0.3, -0.25) is 0 Å². The average Bonchev–Trinajstić information content (AvgIpc) is 2.60. The van der Waals surface area contributed by atoms with Gasteiger partial charge in [0.25, 0.3) is 0 Å². The Balaban J connectivity index is 0.00000220. The predicted octanol–water partition coefficient (Wildman–Crippen LogP) is 2.14. The Hall–Kier alpha value is -0.745. The van der Waals surface area contributed by atoms with Crippen LogP contribution < -0.4 is 15.9 Å². The van der Waals surface area contributed by atoms with Gasteiger partial charge in [-0.05, 0) is 58.3 Å². The highest BCUT2D eigenvalue weighted by molar-refractivity contribution is 6.62. The van der Waals surface area contributed by atoms with Gasteiger partial charge in [0.1, 0.15) is 5.75 Å². The molecule has 21 heavy (non-hydrogen) atoms. The van der Waals surface area contributed by atoms with Crippen LogP contribution in [0.2, 0.25) is 0 Å². The molecule has 0 saturated carbocycles. The van der Waals surface area contributed by atoms with Gasteiger partial charge in [0.2, 0.25) is 0 Å². The van der Waals surface area contributed by atoms with Gasteiger partial charge in [0, 0.05) is 0 Å². The largest absolute Gasteiger partial charge is 0.494 e. The first-order chi connectivity index (χ1) is 9.36. The van der Waals surface area contributed by atoms with E-state index in [0.717, 1.165) is 17.6 Å². The Kier molecular flexibility index (Phi) is 6.11. The maximum absolute atomic E-state index is 6.01. The topological polar surface area (TPSA) is 53.7 Å². The summed E-state index contributed by atoms with van der Waals surface area (Å²) in [7, 11) is -0.321. The minimum atomic E-state index is -0.321. The Morgan fingerprint density at radius 2 is 1.57 bits per heavy atom. The summed E-state index contributed by atoms with van der Waals surface area (Å²) < 4.78 is 17.6. The highest BCUT2D eigenvalue weighted by Crippen LogP contribution is 2.36. The van der Waals surface area contributed by atoms with Crippen LogP contribution in [0.15, 0.2) is 24.3 Å². The third kappa shape index (κ3) is 4.13. The van der Waals surface area contributed by atoms with Crippen LogP contribution in [-0.4, -0.2) is 31.5 Å². The van der Waals surface area contributed by atoms with E-state index < -0.39 is 0 Å². The Morgan fingerprint density at radius 3 is 2.05 bits per heavy atom. The van der Waals surface area contributed by atoms with Crippen LogP contribution in [0.4, 0.5) is 0 Å². The van der Waals surface area contributed by atoms with Gasteiger partial charge < -0.3 is 19.8 Å². The standard InChI is InChI=1S/C15H24BNO3.ClH/c1-14(2)15(3,4)20-16(19-14)12-6-8-13(9-7-12)18-11-5-10-17;/h6-9H,5,10-11,17H2,1-4H3;1H. The van der Waals surface area contributed by atoms with Gasteiger partial charge >= 0.3 is 7.12 Å². The number of benzene rings is 1. The molecule has 2 N–H and O–H groups in total. The van der Waals surface area contributed by atoms with Gasteiger partial charge in [-0.25, -0.2) is 0 Å². The van der Waals surface area contributed by atoms with Crippen molar-refractivity contribution in [1.82, 2.24) is 0 Å². The van der Waals surface area contributed by atoms with Crippen molar-refractivity contribution in [2.75, 3.05) is 13.2 Å². The zero-order chi connectivity index (χ0) is 14.8. The zero-order valence-electron chi connectivity index (χ0n) is 13.2. The highest BCUT2D eigenvalue weighted by Gasteiger charge is 2.51. The van der Waals surface area contributed by atoms with Crippen LogP contribution in [0.5, 0.6) is 5.75 Å². The summed E-state index contributed by atoms with van der Waals surface area (Å²) in [6.07, 6.45) is 0.860. The second kappa shape index (κ2) is 7.01. The lowest BCUT2D eigenvalue weighted by Gasteiger charge is -2.32. The van der Waals surface area contributed by atoms with E-state index in [0.29, 0.717) is 13.2 Å². The van der Waals surface area contributed by atoms with Crippen molar-refractivity contribution in [2.45, 2.75) is 45.3 Å². The van der Waals surface area contributed by atoms with Crippen molar-refractivity contribution in [3.8, 4) is 5.75 Å². The molecule has 0 radical (unpaired) electrons. The van der Waals surface area contributed by atoms with E-state index in [1.54, 1.807) is 0 Å². The fourth-order valence-electron chi connectivity index (χ4n) is 1.97. The monoisotopic (exact) mass is 313 g/mol. The van der Waals surface area contributed by atoms with Crippen molar-refractivity contribution >= 4 is 25.0 Å². The number of nitrogens with two attached hydrogens (primary N) is 1. The Bertz CT molecular complexity index is 435. The summed E-state index contributed by atoms with van der Waals surface area (Å²) in [5.74, 6) is 0.846. The van der Waals surface area contributed by atoms with Crippen molar-refractivity contribution in [1.29, 1.82) is 0 Å². The summed E-state index contributed by atoms with van der Waals surface area (Å²) in [5, 5.41) is 0. The second-order valence-electron chi connectivity index (χ2n) is 6.15. The van der Waals surface area contributed by atoms with E-state index in [2.05, 4.69) is 27.7 Å². The van der Waals surface area contributed by atoms with E-state index in [4.69, 9.17) is 19.8 Å². The Labute approximate surface area is 133 Å². The third-order valence-corrected chi connectivity index (χ3v) is 4.02. The molecule has 0 amide bonds. The smallest absolute Gasteiger partial charge is 0.494 e. The maximum atomic E-state index is 6.01. The molecule has 1 saturated heterocycles. The lowest BCUT2D eigenvalue weighted by Crippen LogP contribution is -2.41. The van der Waals surface area contributed by atoms with Crippen molar-refractivity contribution in [2.24, 2.45) is 5.73 Å². The first kappa shape index (κ1) is 18.3. The van der Waals surface area contributed by atoms with Crippen LogP contribution in [-0.2, 0) is 9.31 Å². The van der Waals surface area contributed by atoms with Crippen LogP contribution >= 0.6 is 12.4 Å². The summed E-state index contributed by atoms with van der Waals surface area (Å²) in [4.78, 5) is 0. The second-order valence-corrected chi connectivity index (χ2v) is 6.15. The quantitative estimate of drug-likeness (QED) is 0.668. The molecule has 2 rings (SSSR count). The summed E-state index contributed by atoms with van der Waals surface area (Å²) in [6, 6.07) is 7.85. The molecule has 1 fully saturated rings. The molecule has 0 aromatic heterocycles. The molecule has 0 atom stereocenters. The van der Waals surface area contributed by atoms with E-state index >= 15 is 0 Å². The zero-order valence-corrected chi connectivity index (χ0v) is 14.0. The summed E-state index contributed by atoms with van der Waals surface area (Å²) >= 11 is 0. The molecule has 0 spiro atoms. The maximum Gasteiger partial charge on any atom is 0.494 e. The van der Waals surface area contributed by atoms with Crippen molar-refractivity contribution in [3.05, 3.63) is 24.3 Å².